The number of benzene rings is 1. The van der Waals surface area contributed by atoms with Gasteiger partial charge in [0.25, 0.3) is 0 Å². The van der Waals surface area contributed by atoms with Crippen molar-refractivity contribution in [1.82, 2.24) is 0 Å². The second kappa shape index (κ2) is 4.40. The molecule has 1 aliphatic rings. The van der Waals surface area contributed by atoms with Gasteiger partial charge in [0.2, 0.25) is 0 Å². The third-order valence-electron chi connectivity index (χ3n) is 2.03. The molecule has 0 radical (unpaired) electrons. The lowest BCUT2D eigenvalue weighted by Crippen LogP contribution is -2.17. The van der Waals surface area contributed by atoms with Gasteiger partial charge in [-0.25, -0.2) is 0 Å². The van der Waals surface area contributed by atoms with Crippen LogP contribution in [0.1, 0.15) is 12.0 Å². The first-order valence-electron chi connectivity index (χ1n) is 3.96. The van der Waals surface area contributed by atoms with Crippen LogP contribution in [0.2, 0.25) is 0 Å². The first-order valence-corrected chi connectivity index (χ1v) is 7.20. The Bertz CT molecular complexity index is 415. The van der Waals surface area contributed by atoms with Crippen LogP contribution in [-0.4, -0.2) is 5.97 Å². The first-order chi connectivity index (χ1) is 6.59. The van der Waals surface area contributed by atoms with Gasteiger partial charge >= 0.3 is 5.97 Å². The van der Waals surface area contributed by atoms with Crippen LogP contribution in [-0.2, 0) is 11.2 Å². The summed E-state index contributed by atoms with van der Waals surface area (Å²) in [6.07, 6.45) is 1.30. The van der Waals surface area contributed by atoms with E-state index in [4.69, 9.17) is 4.74 Å². The molecular formula is C9H5I3O2. The molecule has 0 saturated carbocycles. The highest BCUT2D eigenvalue weighted by atomic mass is 127. The first kappa shape index (κ1) is 11.4. The smallest absolute Gasteiger partial charge is 0.311 e. The second-order valence-electron chi connectivity index (χ2n) is 2.94. The Morgan fingerprint density at radius 2 is 1.86 bits per heavy atom. The molecule has 1 aliphatic heterocycles. The van der Waals surface area contributed by atoms with Gasteiger partial charge in [-0.2, -0.15) is 0 Å². The third-order valence-corrected chi connectivity index (χ3v) is 7.25. The molecule has 0 bridgehead atoms. The minimum absolute atomic E-state index is 0.120. The molecule has 0 atom stereocenters. The lowest BCUT2D eigenvalue weighted by atomic mass is 10.1. The van der Waals surface area contributed by atoms with E-state index in [2.05, 4.69) is 67.8 Å². The summed E-state index contributed by atoms with van der Waals surface area (Å²) in [6.45, 7) is 0. The van der Waals surface area contributed by atoms with Gasteiger partial charge in [0, 0.05) is 16.3 Å². The highest BCUT2D eigenvalue weighted by molar-refractivity contribution is 14.1. The number of carbonyl (C=O) groups excluding carboxylic acids is 1. The van der Waals surface area contributed by atoms with Crippen molar-refractivity contribution < 1.29 is 9.53 Å². The van der Waals surface area contributed by atoms with E-state index in [1.54, 1.807) is 0 Å². The molecule has 0 unspecified atom stereocenters. The average molecular weight is 526 g/mol. The number of esters is 1. The molecule has 0 N–H and O–H groups in total. The topological polar surface area (TPSA) is 26.3 Å². The molecule has 2 rings (SSSR count). The summed E-state index contributed by atoms with van der Waals surface area (Å²) in [7, 11) is 0. The van der Waals surface area contributed by atoms with E-state index in [0.717, 1.165) is 15.7 Å². The van der Waals surface area contributed by atoms with Crippen molar-refractivity contribution in [2.75, 3.05) is 0 Å². The molecule has 74 valence electrons. The average Bonchev–Trinajstić information content (AvgIpc) is 2.14. The van der Waals surface area contributed by atoms with E-state index >= 15 is 0 Å². The van der Waals surface area contributed by atoms with Crippen LogP contribution in [0.4, 0.5) is 0 Å². The Balaban J connectivity index is 2.59. The Hall–Kier alpha value is 0.880. The predicted molar refractivity (Wildman–Crippen MR) is 78.5 cm³/mol. The quantitative estimate of drug-likeness (QED) is 0.225. The van der Waals surface area contributed by atoms with Crippen LogP contribution in [0, 0.1) is 10.7 Å². The molecule has 0 amide bonds. The van der Waals surface area contributed by atoms with Crippen LogP contribution in [0.5, 0.6) is 5.75 Å². The van der Waals surface area contributed by atoms with Gasteiger partial charge in [0.05, 0.1) is 6.42 Å². The van der Waals surface area contributed by atoms with Crippen molar-refractivity contribution in [3.05, 3.63) is 22.3 Å². The van der Waals surface area contributed by atoms with E-state index in [9.17, 15) is 4.79 Å². The Kier molecular flexibility index (Phi) is 3.57. The van der Waals surface area contributed by atoms with Crippen molar-refractivity contribution in [1.29, 1.82) is 0 Å². The zero-order valence-electron chi connectivity index (χ0n) is 6.94. The van der Waals surface area contributed by atoms with Crippen molar-refractivity contribution in [3.63, 3.8) is 0 Å². The zero-order valence-corrected chi connectivity index (χ0v) is 13.4. The van der Waals surface area contributed by atoms with Crippen LogP contribution in [0.25, 0.3) is 0 Å². The van der Waals surface area contributed by atoms with E-state index in [0.29, 0.717) is 6.42 Å². The van der Waals surface area contributed by atoms with Gasteiger partial charge in [0.1, 0.15) is 5.75 Å². The number of hydrogen-bond acceptors (Lipinski definition) is 2. The molecule has 0 aromatic heterocycles. The number of carbonyl (C=O) groups is 1. The maximum absolute atomic E-state index is 11.1. The maximum atomic E-state index is 11.1. The summed E-state index contributed by atoms with van der Waals surface area (Å²) in [5.74, 6) is 0.626. The number of fused-ring (bicyclic) bond motifs is 1. The summed E-state index contributed by atoms with van der Waals surface area (Å²) < 4.78 is 8.81. The molecule has 0 aliphatic carbocycles. The minimum atomic E-state index is -0.120. The van der Waals surface area contributed by atoms with Crippen LogP contribution in [0.15, 0.2) is 6.07 Å². The summed E-state index contributed by atoms with van der Waals surface area (Å²) in [6, 6.07) is 1.94. The summed E-state index contributed by atoms with van der Waals surface area (Å²) in [5.41, 5.74) is 1.18. The maximum Gasteiger partial charge on any atom is 0.311 e. The highest BCUT2D eigenvalue weighted by Gasteiger charge is 2.22. The van der Waals surface area contributed by atoms with Crippen molar-refractivity contribution in [2.24, 2.45) is 0 Å². The summed E-state index contributed by atoms with van der Waals surface area (Å²) >= 11 is 6.90. The van der Waals surface area contributed by atoms with Crippen molar-refractivity contribution in [2.45, 2.75) is 12.8 Å². The molecule has 0 fully saturated rings. The van der Waals surface area contributed by atoms with Gasteiger partial charge in [-0.05, 0) is 80.3 Å². The van der Waals surface area contributed by atoms with Crippen LogP contribution < -0.4 is 4.74 Å². The second-order valence-corrected chi connectivity index (χ2v) is 6.26. The molecular weight excluding hydrogens is 521 g/mol. The van der Waals surface area contributed by atoms with E-state index in [1.807, 2.05) is 6.07 Å². The predicted octanol–water partition coefficient (Wildman–Crippen LogP) is 3.35. The number of rotatable bonds is 0. The number of ether oxygens (including phenoxy) is 1. The van der Waals surface area contributed by atoms with Crippen LogP contribution in [0.3, 0.4) is 0 Å². The van der Waals surface area contributed by atoms with E-state index < -0.39 is 0 Å². The molecule has 0 spiro atoms. The lowest BCUT2D eigenvalue weighted by Gasteiger charge is -2.18. The fraction of sp³-hybridized carbons (Fsp3) is 0.222. The molecule has 5 heteroatoms. The van der Waals surface area contributed by atoms with E-state index in [1.165, 1.54) is 12.7 Å². The van der Waals surface area contributed by atoms with Crippen molar-refractivity contribution in [3.8, 4) is 5.75 Å². The van der Waals surface area contributed by atoms with Gasteiger partial charge in [-0.15, -0.1) is 0 Å². The monoisotopic (exact) mass is 526 g/mol. The van der Waals surface area contributed by atoms with Gasteiger partial charge in [0.15, 0.2) is 0 Å². The largest absolute Gasteiger partial charge is 0.426 e. The fourth-order valence-corrected chi connectivity index (χ4v) is 3.71. The zero-order chi connectivity index (χ0) is 10.3. The number of hydrogen-bond donors (Lipinski definition) is 0. The number of halogens is 3. The lowest BCUT2D eigenvalue weighted by molar-refractivity contribution is -0.135. The third kappa shape index (κ3) is 2.04. The summed E-state index contributed by atoms with van der Waals surface area (Å²) in [5, 5.41) is 0. The molecule has 1 heterocycles. The molecule has 1 aromatic rings. The minimum Gasteiger partial charge on any atom is -0.426 e. The van der Waals surface area contributed by atoms with Crippen LogP contribution >= 0.6 is 67.8 Å². The molecule has 2 nitrogen and oxygen atoms in total. The Morgan fingerprint density at radius 1 is 1.14 bits per heavy atom. The molecule has 1 aromatic carbocycles. The Morgan fingerprint density at radius 3 is 2.57 bits per heavy atom. The Labute approximate surface area is 123 Å². The molecule has 0 saturated heterocycles. The molecule has 14 heavy (non-hydrogen) atoms. The fourth-order valence-electron chi connectivity index (χ4n) is 1.34. The van der Waals surface area contributed by atoms with Gasteiger partial charge in [-0.3, -0.25) is 4.79 Å². The standard InChI is InChI=1S/C9H5I3O2/c10-5-3-6-4(8(11)9(5)12)1-2-7(13)14-6/h3H,1-2H2. The van der Waals surface area contributed by atoms with Crippen molar-refractivity contribution >= 4 is 73.7 Å². The van der Waals surface area contributed by atoms with Gasteiger partial charge < -0.3 is 4.74 Å². The summed E-state index contributed by atoms with van der Waals surface area (Å²) in [4.78, 5) is 11.1. The van der Waals surface area contributed by atoms with E-state index in [-0.39, 0.29) is 5.97 Å². The highest BCUT2D eigenvalue weighted by Crippen LogP contribution is 2.35. The van der Waals surface area contributed by atoms with Gasteiger partial charge in [-0.1, -0.05) is 0 Å². The normalized spacial score (nSPS) is 14.9. The SMILES string of the molecule is O=C1CCc2c(cc(I)c(I)c2I)O1.